The van der Waals surface area contributed by atoms with Crippen LogP contribution in [0.25, 0.3) is 0 Å². The summed E-state index contributed by atoms with van der Waals surface area (Å²) in [4.78, 5) is 7.83. The normalized spacial score (nSPS) is 12.3. The highest BCUT2D eigenvalue weighted by atomic mass is 35.5. The summed E-state index contributed by atoms with van der Waals surface area (Å²) < 4.78 is 46.1. The molecule has 0 amide bonds. The van der Waals surface area contributed by atoms with Crippen molar-refractivity contribution in [1.82, 2.24) is 9.97 Å². The molecule has 0 spiro atoms. The van der Waals surface area contributed by atoms with Crippen LogP contribution < -0.4 is 15.4 Å². The number of hydrogen-bond donors (Lipinski definition) is 2. The van der Waals surface area contributed by atoms with Gasteiger partial charge in [-0.15, -0.1) is 0 Å². The van der Waals surface area contributed by atoms with E-state index in [1.54, 1.807) is 48.5 Å². The predicted molar refractivity (Wildman–Crippen MR) is 112 cm³/mol. The fourth-order valence-corrected chi connectivity index (χ4v) is 2.63. The van der Waals surface area contributed by atoms with Crippen molar-refractivity contribution in [3.8, 4) is 5.75 Å². The third kappa shape index (κ3) is 5.76. The SMILES string of the molecule is CCC(C)Oc1cccc(Nc2nc(Nc3ccc(Cl)cc3)ncc2C(F)(F)F)c1. The van der Waals surface area contributed by atoms with Crippen LogP contribution in [0.1, 0.15) is 25.8 Å². The molecular formula is C21H20ClF3N4O. The molecule has 0 aliphatic carbocycles. The first-order valence-electron chi connectivity index (χ1n) is 9.25. The average Bonchev–Trinajstić information content (AvgIpc) is 2.69. The van der Waals surface area contributed by atoms with Gasteiger partial charge in [-0.05, 0) is 49.7 Å². The Kier molecular flexibility index (Phi) is 6.66. The lowest BCUT2D eigenvalue weighted by atomic mass is 10.2. The number of alkyl halides is 3. The molecule has 3 aromatic rings. The fraction of sp³-hybridized carbons (Fsp3) is 0.238. The first-order valence-corrected chi connectivity index (χ1v) is 9.63. The van der Waals surface area contributed by atoms with Crippen LogP contribution in [0, 0.1) is 0 Å². The van der Waals surface area contributed by atoms with Crippen molar-refractivity contribution in [1.29, 1.82) is 0 Å². The second-order valence-electron chi connectivity index (χ2n) is 6.58. The Hall–Kier alpha value is -3.00. The Bertz CT molecular complexity index is 996. The van der Waals surface area contributed by atoms with E-state index in [4.69, 9.17) is 16.3 Å². The van der Waals surface area contributed by atoms with Gasteiger partial charge in [0.1, 0.15) is 17.1 Å². The molecule has 3 rings (SSSR count). The second kappa shape index (κ2) is 9.21. The van der Waals surface area contributed by atoms with E-state index < -0.39 is 11.7 Å². The van der Waals surface area contributed by atoms with Gasteiger partial charge in [0.25, 0.3) is 0 Å². The smallest absolute Gasteiger partial charge is 0.421 e. The lowest BCUT2D eigenvalue weighted by molar-refractivity contribution is -0.137. The van der Waals surface area contributed by atoms with E-state index in [1.807, 2.05) is 13.8 Å². The molecule has 1 unspecified atom stereocenters. The molecule has 9 heteroatoms. The summed E-state index contributed by atoms with van der Waals surface area (Å²) in [6.45, 7) is 3.90. The van der Waals surface area contributed by atoms with Gasteiger partial charge in [-0.3, -0.25) is 0 Å². The summed E-state index contributed by atoms with van der Waals surface area (Å²) in [5.74, 6) is 0.200. The quantitative estimate of drug-likeness (QED) is 0.426. The maximum absolute atomic E-state index is 13.5. The zero-order valence-corrected chi connectivity index (χ0v) is 17.1. The highest BCUT2D eigenvalue weighted by molar-refractivity contribution is 6.30. The van der Waals surface area contributed by atoms with Crippen LogP contribution in [0.15, 0.2) is 54.7 Å². The van der Waals surface area contributed by atoms with E-state index in [1.165, 1.54) is 0 Å². The first kappa shape index (κ1) is 21.7. The van der Waals surface area contributed by atoms with Crippen molar-refractivity contribution >= 4 is 34.7 Å². The molecule has 0 fully saturated rings. The van der Waals surface area contributed by atoms with Gasteiger partial charge in [0, 0.05) is 28.7 Å². The summed E-state index contributed by atoms with van der Waals surface area (Å²) in [6.07, 6.45) is -3.08. The molecule has 1 aromatic heterocycles. The molecule has 0 saturated heterocycles. The number of benzene rings is 2. The number of halogens is 4. The molecular weight excluding hydrogens is 417 g/mol. The first-order chi connectivity index (χ1) is 14.2. The largest absolute Gasteiger partial charge is 0.491 e. The molecule has 0 aliphatic rings. The summed E-state index contributed by atoms with van der Waals surface area (Å²) in [5, 5.41) is 6.14. The number of nitrogens with one attached hydrogen (secondary N) is 2. The molecule has 158 valence electrons. The monoisotopic (exact) mass is 436 g/mol. The number of hydrogen-bond acceptors (Lipinski definition) is 5. The molecule has 1 heterocycles. The molecule has 2 aromatic carbocycles. The highest BCUT2D eigenvalue weighted by Gasteiger charge is 2.35. The number of rotatable bonds is 7. The number of ether oxygens (including phenoxy) is 1. The van der Waals surface area contributed by atoms with E-state index in [0.29, 0.717) is 22.1 Å². The van der Waals surface area contributed by atoms with Gasteiger partial charge < -0.3 is 15.4 Å². The van der Waals surface area contributed by atoms with Crippen molar-refractivity contribution in [3.63, 3.8) is 0 Å². The maximum atomic E-state index is 13.5. The van der Waals surface area contributed by atoms with E-state index in [-0.39, 0.29) is 17.9 Å². The molecule has 30 heavy (non-hydrogen) atoms. The molecule has 0 radical (unpaired) electrons. The van der Waals surface area contributed by atoms with Crippen LogP contribution in [0.2, 0.25) is 5.02 Å². The summed E-state index contributed by atoms with van der Waals surface area (Å²) in [5.41, 5.74) is 0.0314. The lowest BCUT2D eigenvalue weighted by Crippen LogP contribution is -2.13. The van der Waals surface area contributed by atoms with Crippen molar-refractivity contribution < 1.29 is 17.9 Å². The van der Waals surface area contributed by atoms with Crippen molar-refractivity contribution in [3.05, 3.63) is 65.3 Å². The summed E-state index contributed by atoms with van der Waals surface area (Å²) in [6, 6.07) is 13.3. The number of aromatic nitrogens is 2. The fourth-order valence-electron chi connectivity index (χ4n) is 2.51. The summed E-state index contributed by atoms with van der Waals surface area (Å²) in [7, 11) is 0. The van der Waals surface area contributed by atoms with E-state index in [0.717, 1.165) is 12.6 Å². The highest BCUT2D eigenvalue weighted by Crippen LogP contribution is 2.35. The van der Waals surface area contributed by atoms with Crippen molar-refractivity contribution in [2.24, 2.45) is 0 Å². The van der Waals surface area contributed by atoms with E-state index in [9.17, 15) is 13.2 Å². The minimum absolute atomic E-state index is 0.0137. The number of nitrogens with zero attached hydrogens (tertiary/aromatic N) is 2. The Labute approximate surface area is 177 Å². The van der Waals surface area contributed by atoms with Crippen LogP contribution in [-0.2, 0) is 6.18 Å². The third-order valence-electron chi connectivity index (χ3n) is 4.20. The van der Waals surface area contributed by atoms with Gasteiger partial charge in [-0.1, -0.05) is 24.6 Å². The standard InChI is InChI=1S/C21H20ClF3N4O/c1-3-13(2)30-17-6-4-5-16(11-17)27-19-18(21(23,24)25)12-26-20(29-19)28-15-9-7-14(22)8-10-15/h4-13H,3H2,1-2H3,(H2,26,27,28,29). The molecule has 1 atom stereocenters. The van der Waals surface area contributed by atoms with Gasteiger partial charge in [0.2, 0.25) is 5.95 Å². The van der Waals surface area contributed by atoms with Gasteiger partial charge >= 0.3 is 6.18 Å². The van der Waals surface area contributed by atoms with Crippen molar-refractivity contribution in [2.45, 2.75) is 32.5 Å². The molecule has 0 bridgehead atoms. The van der Waals surface area contributed by atoms with Gasteiger partial charge in [-0.2, -0.15) is 18.2 Å². The van der Waals surface area contributed by atoms with Crippen LogP contribution >= 0.6 is 11.6 Å². The van der Waals surface area contributed by atoms with Gasteiger partial charge in [-0.25, -0.2) is 4.98 Å². The zero-order chi connectivity index (χ0) is 21.7. The molecule has 2 N–H and O–H groups in total. The number of anilines is 4. The Morgan fingerprint density at radius 1 is 1.07 bits per heavy atom. The van der Waals surface area contributed by atoms with Crippen LogP contribution in [0.5, 0.6) is 5.75 Å². The lowest BCUT2D eigenvalue weighted by Gasteiger charge is -2.16. The third-order valence-corrected chi connectivity index (χ3v) is 4.46. The van der Waals surface area contributed by atoms with E-state index >= 15 is 0 Å². The van der Waals surface area contributed by atoms with Crippen molar-refractivity contribution in [2.75, 3.05) is 10.6 Å². The topological polar surface area (TPSA) is 59.1 Å². The summed E-state index contributed by atoms with van der Waals surface area (Å²) >= 11 is 5.85. The van der Waals surface area contributed by atoms with Crippen LogP contribution in [-0.4, -0.2) is 16.1 Å². The van der Waals surface area contributed by atoms with Crippen LogP contribution in [0.4, 0.5) is 36.3 Å². The minimum Gasteiger partial charge on any atom is -0.491 e. The Morgan fingerprint density at radius 2 is 1.80 bits per heavy atom. The predicted octanol–water partition coefficient (Wildman–Crippen LogP) is 6.81. The molecule has 0 saturated carbocycles. The second-order valence-corrected chi connectivity index (χ2v) is 7.01. The average molecular weight is 437 g/mol. The molecule has 0 aliphatic heterocycles. The van der Waals surface area contributed by atoms with Gasteiger partial charge in [0.05, 0.1) is 6.10 Å². The van der Waals surface area contributed by atoms with E-state index in [2.05, 4.69) is 20.6 Å². The Morgan fingerprint density at radius 3 is 2.47 bits per heavy atom. The molecule has 5 nitrogen and oxygen atoms in total. The van der Waals surface area contributed by atoms with Crippen LogP contribution in [0.3, 0.4) is 0 Å². The maximum Gasteiger partial charge on any atom is 0.421 e. The minimum atomic E-state index is -4.62. The zero-order valence-electron chi connectivity index (χ0n) is 16.3. The Balaban J connectivity index is 1.89. The van der Waals surface area contributed by atoms with Gasteiger partial charge in [0.15, 0.2) is 0 Å².